The van der Waals surface area contributed by atoms with Gasteiger partial charge in [0.15, 0.2) is 5.78 Å². The number of esters is 1. The molecule has 3 nitrogen and oxygen atoms in total. The lowest BCUT2D eigenvalue weighted by molar-refractivity contribution is 0.0734. The number of ketones is 1. The third-order valence-corrected chi connectivity index (χ3v) is 3.91. The van der Waals surface area contributed by atoms with Gasteiger partial charge >= 0.3 is 5.97 Å². The van der Waals surface area contributed by atoms with Gasteiger partial charge in [-0.05, 0) is 60.2 Å². The van der Waals surface area contributed by atoms with Crippen LogP contribution in [0.1, 0.15) is 26.3 Å². The highest BCUT2D eigenvalue weighted by molar-refractivity contribution is 6.30. The standard InChI is InChI=1S/C22H15ClO3/c23-19-11-9-17(10-12-19)21(24)15-8-16-6-13-20(14-7-16)26-22(25)18-4-2-1-3-5-18/h1-15H/b15-8+. The lowest BCUT2D eigenvalue weighted by Crippen LogP contribution is -2.07. The van der Waals surface area contributed by atoms with Crippen molar-refractivity contribution in [3.8, 4) is 5.75 Å². The number of ether oxygens (including phenoxy) is 1. The number of hydrogen-bond acceptors (Lipinski definition) is 3. The van der Waals surface area contributed by atoms with Crippen LogP contribution in [0.5, 0.6) is 5.75 Å². The summed E-state index contributed by atoms with van der Waals surface area (Å²) in [6, 6.07) is 22.4. The second kappa shape index (κ2) is 8.28. The summed E-state index contributed by atoms with van der Waals surface area (Å²) in [5, 5.41) is 0.589. The predicted molar refractivity (Wildman–Crippen MR) is 103 cm³/mol. The molecule has 4 heteroatoms. The summed E-state index contributed by atoms with van der Waals surface area (Å²) in [5.41, 5.74) is 1.89. The largest absolute Gasteiger partial charge is 0.423 e. The molecule has 0 unspecified atom stereocenters. The lowest BCUT2D eigenvalue weighted by Gasteiger charge is -2.04. The smallest absolute Gasteiger partial charge is 0.343 e. The van der Waals surface area contributed by atoms with E-state index in [0.29, 0.717) is 21.9 Å². The molecule has 0 aliphatic rings. The molecule has 0 N–H and O–H groups in total. The molecule has 0 radical (unpaired) electrons. The number of benzene rings is 3. The second-order valence-electron chi connectivity index (χ2n) is 5.53. The molecule has 0 bridgehead atoms. The molecule has 0 fully saturated rings. The van der Waals surface area contributed by atoms with Gasteiger partial charge in [-0.1, -0.05) is 48.0 Å². The van der Waals surface area contributed by atoms with Crippen molar-refractivity contribution in [1.82, 2.24) is 0 Å². The first-order valence-corrected chi connectivity index (χ1v) is 8.35. The van der Waals surface area contributed by atoms with Crippen molar-refractivity contribution in [2.45, 2.75) is 0 Å². The molecule has 0 aliphatic heterocycles. The highest BCUT2D eigenvalue weighted by Crippen LogP contribution is 2.16. The zero-order chi connectivity index (χ0) is 18.4. The average molecular weight is 363 g/mol. The van der Waals surface area contributed by atoms with Gasteiger partial charge in [0.05, 0.1) is 5.56 Å². The molecular formula is C22H15ClO3. The van der Waals surface area contributed by atoms with Crippen LogP contribution in [-0.4, -0.2) is 11.8 Å². The molecule has 128 valence electrons. The molecule has 26 heavy (non-hydrogen) atoms. The third-order valence-electron chi connectivity index (χ3n) is 3.66. The fourth-order valence-electron chi connectivity index (χ4n) is 2.27. The van der Waals surface area contributed by atoms with E-state index in [4.69, 9.17) is 16.3 Å². The van der Waals surface area contributed by atoms with E-state index in [1.54, 1.807) is 78.9 Å². The maximum atomic E-state index is 12.1. The normalized spacial score (nSPS) is 10.7. The topological polar surface area (TPSA) is 43.4 Å². The Kier molecular flexibility index (Phi) is 5.62. The Balaban J connectivity index is 1.63. The number of carbonyl (C=O) groups excluding carboxylic acids is 2. The Hall–Kier alpha value is -3.17. The van der Waals surface area contributed by atoms with Gasteiger partial charge in [0.25, 0.3) is 0 Å². The van der Waals surface area contributed by atoms with Crippen molar-refractivity contribution in [2.75, 3.05) is 0 Å². The van der Waals surface area contributed by atoms with E-state index in [9.17, 15) is 9.59 Å². The van der Waals surface area contributed by atoms with Gasteiger partial charge < -0.3 is 4.74 Å². The van der Waals surface area contributed by atoms with Crippen LogP contribution in [0.2, 0.25) is 5.02 Å². The van der Waals surface area contributed by atoms with Crippen molar-refractivity contribution < 1.29 is 14.3 Å². The highest BCUT2D eigenvalue weighted by atomic mass is 35.5. The minimum absolute atomic E-state index is 0.110. The Morgan fingerprint density at radius 2 is 1.42 bits per heavy atom. The third kappa shape index (κ3) is 4.68. The maximum Gasteiger partial charge on any atom is 0.343 e. The Morgan fingerprint density at radius 1 is 0.769 bits per heavy atom. The van der Waals surface area contributed by atoms with Crippen molar-refractivity contribution in [2.24, 2.45) is 0 Å². The van der Waals surface area contributed by atoms with Crippen molar-refractivity contribution in [1.29, 1.82) is 0 Å². The van der Waals surface area contributed by atoms with Gasteiger partial charge in [0, 0.05) is 10.6 Å². The molecule has 0 saturated heterocycles. The molecule has 0 atom stereocenters. The summed E-state index contributed by atoms with van der Waals surface area (Å²) < 4.78 is 5.32. The summed E-state index contributed by atoms with van der Waals surface area (Å²) in [6.45, 7) is 0. The van der Waals surface area contributed by atoms with Crippen molar-refractivity contribution >= 4 is 29.4 Å². The molecule has 3 aromatic rings. The quantitative estimate of drug-likeness (QED) is 0.262. The maximum absolute atomic E-state index is 12.1. The summed E-state index contributed by atoms with van der Waals surface area (Å²) in [5.74, 6) is -0.0758. The van der Waals surface area contributed by atoms with E-state index < -0.39 is 5.97 Å². The van der Waals surface area contributed by atoms with Gasteiger partial charge in [-0.2, -0.15) is 0 Å². The van der Waals surface area contributed by atoms with Crippen molar-refractivity contribution in [3.05, 3.63) is 107 Å². The molecule has 3 rings (SSSR count). The summed E-state index contributed by atoms with van der Waals surface area (Å²) in [6.07, 6.45) is 3.20. The SMILES string of the molecule is O=C(/C=C/c1ccc(OC(=O)c2ccccc2)cc1)c1ccc(Cl)cc1. The summed E-state index contributed by atoms with van der Waals surface area (Å²) in [4.78, 5) is 24.1. The summed E-state index contributed by atoms with van der Waals surface area (Å²) in [7, 11) is 0. The first-order chi connectivity index (χ1) is 12.6. The molecule has 0 spiro atoms. The number of carbonyl (C=O) groups is 2. The van der Waals surface area contributed by atoms with E-state index >= 15 is 0 Å². The number of halogens is 1. The molecule has 0 aliphatic carbocycles. The van der Waals surface area contributed by atoms with Gasteiger partial charge in [-0.3, -0.25) is 4.79 Å². The Bertz CT molecular complexity index is 927. The second-order valence-corrected chi connectivity index (χ2v) is 5.97. The number of rotatable bonds is 5. The van der Waals surface area contributed by atoms with Crippen LogP contribution >= 0.6 is 11.6 Å². The number of allylic oxidation sites excluding steroid dienone is 1. The molecule has 0 amide bonds. The van der Waals surface area contributed by atoms with Crippen LogP contribution < -0.4 is 4.74 Å². The molecule has 0 heterocycles. The van der Waals surface area contributed by atoms with Crippen LogP contribution in [0.25, 0.3) is 6.08 Å². The van der Waals surface area contributed by atoms with E-state index in [0.717, 1.165) is 5.56 Å². The average Bonchev–Trinajstić information content (AvgIpc) is 2.68. The first kappa shape index (κ1) is 17.6. The van der Waals surface area contributed by atoms with Gasteiger partial charge in [-0.15, -0.1) is 0 Å². The fraction of sp³-hybridized carbons (Fsp3) is 0. The van der Waals surface area contributed by atoms with Crippen LogP contribution in [-0.2, 0) is 0 Å². The first-order valence-electron chi connectivity index (χ1n) is 7.97. The predicted octanol–water partition coefficient (Wildman–Crippen LogP) is 5.46. The van der Waals surface area contributed by atoms with E-state index in [1.807, 2.05) is 6.07 Å². The monoisotopic (exact) mass is 362 g/mol. The molecule has 3 aromatic carbocycles. The van der Waals surface area contributed by atoms with Crippen LogP contribution in [0.4, 0.5) is 0 Å². The zero-order valence-electron chi connectivity index (χ0n) is 13.8. The van der Waals surface area contributed by atoms with Gasteiger partial charge in [-0.25, -0.2) is 4.79 Å². The number of hydrogen-bond donors (Lipinski definition) is 0. The van der Waals surface area contributed by atoms with Gasteiger partial charge in [0.1, 0.15) is 5.75 Å². The van der Waals surface area contributed by atoms with Gasteiger partial charge in [0.2, 0.25) is 0 Å². The summed E-state index contributed by atoms with van der Waals surface area (Å²) >= 11 is 5.81. The van der Waals surface area contributed by atoms with Crippen LogP contribution in [0.3, 0.4) is 0 Å². The van der Waals surface area contributed by atoms with Crippen LogP contribution in [0.15, 0.2) is 84.9 Å². The zero-order valence-corrected chi connectivity index (χ0v) is 14.5. The van der Waals surface area contributed by atoms with Crippen molar-refractivity contribution in [3.63, 3.8) is 0 Å². The minimum atomic E-state index is -0.410. The van der Waals surface area contributed by atoms with Crippen LogP contribution in [0, 0.1) is 0 Å². The van der Waals surface area contributed by atoms with E-state index in [-0.39, 0.29) is 5.78 Å². The molecular weight excluding hydrogens is 348 g/mol. The Morgan fingerprint density at radius 3 is 2.08 bits per heavy atom. The Labute approximate surface area is 156 Å². The van der Waals surface area contributed by atoms with E-state index in [1.165, 1.54) is 6.08 Å². The van der Waals surface area contributed by atoms with E-state index in [2.05, 4.69) is 0 Å². The minimum Gasteiger partial charge on any atom is -0.423 e. The highest BCUT2D eigenvalue weighted by Gasteiger charge is 2.07. The fourth-order valence-corrected chi connectivity index (χ4v) is 2.40. The molecule has 0 aromatic heterocycles. The lowest BCUT2D eigenvalue weighted by atomic mass is 10.1. The molecule has 0 saturated carbocycles.